The molecule has 29 heavy (non-hydrogen) atoms. The molecule has 146 valence electrons. The number of hydrogen-bond donors (Lipinski definition) is 2. The van der Waals surface area contributed by atoms with E-state index in [9.17, 15) is 9.59 Å². The molecular formula is C23H21N3O2S. The van der Waals surface area contributed by atoms with Crippen molar-refractivity contribution in [1.29, 1.82) is 0 Å². The highest BCUT2D eigenvalue weighted by Gasteiger charge is 2.43. The third kappa shape index (κ3) is 4.60. The Morgan fingerprint density at radius 1 is 1.03 bits per heavy atom. The number of nitrogens with zero attached hydrogens (tertiary/aromatic N) is 1. The van der Waals surface area contributed by atoms with Crippen LogP contribution in [0.1, 0.15) is 40.1 Å². The Balaban J connectivity index is 1.37. The average molecular weight is 404 g/mol. The van der Waals surface area contributed by atoms with Crippen LogP contribution in [0.5, 0.6) is 0 Å². The normalized spacial score (nSPS) is 18.2. The number of nitrogens with one attached hydrogen (secondary N) is 2. The van der Waals surface area contributed by atoms with Gasteiger partial charge in [0, 0.05) is 11.6 Å². The zero-order valence-electron chi connectivity index (χ0n) is 16.0. The van der Waals surface area contributed by atoms with Gasteiger partial charge in [0.25, 0.3) is 5.91 Å². The SMILES string of the molecule is CC(=NNC(=O)[C@@H]1C[C@@H]1c1ccccc1)c1cccc(NC(=O)c2cccs2)c1. The van der Waals surface area contributed by atoms with Gasteiger partial charge in [-0.15, -0.1) is 11.3 Å². The summed E-state index contributed by atoms with van der Waals surface area (Å²) in [6, 6.07) is 21.1. The van der Waals surface area contributed by atoms with Gasteiger partial charge in [-0.05, 0) is 54.0 Å². The van der Waals surface area contributed by atoms with E-state index in [2.05, 4.69) is 28.0 Å². The molecule has 0 radical (unpaired) electrons. The summed E-state index contributed by atoms with van der Waals surface area (Å²) in [6.07, 6.45) is 0.856. The van der Waals surface area contributed by atoms with Gasteiger partial charge in [0.15, 0.2) is 0 Å². The molecule has 2 N–H and O–H groups in total. The maximum atomic E-state index is 12.4. The largest absolute Gasteiger partial charge is 0.321 e. The van der Waals surface area contributed by atoms with Crippen molar-refractivity contribution >= 4 is 34.6 Å². The van der Waals surface area contributed by atoms with Gasteiger partial charge in [0.1, 0.15) is 0 Å². The van der Waals surface area contributed by atoms with E-state index in [0.29, 0.717) is 16.3 Å². The first-order chi connectivity index (χ1) is 14.1. The second-order valence-electron chi connectivity index (χ2n) is 7.04. The van der Waals surface area contributed by atoms with Gasteiger partial charge in [-0.2, -0.15) is 5.10 Å². The quantitative estimate of drug-likeness (QED) is 0.465. The highest BCUT2D eigenvalue weighted by Crippen LogP contribution is 2.47. The molecule has 5 nitrogen and oxygen atoms in total. The number of hydrazone groups is 1. The lowest BCUT2D eigenvalue weighted by Crippen LogP contribution is -2.21. The number of amides is 2. The van der Waals surface area contributed by atoms with Crippen LogP contribution in [0.15, 0.2) is 77.2 Å². The molecule has 6 heteroatoms. The summed E-state index contributed by atoms with van der Waals surface area (Å²) in [5.74, 6) is 0.0638. The van der Waals surface area contributed by atoms with Crippen molar-refractivity contribution in [2.45, 2.75) is 19.3 Å². The van der Waals surface area contributed by atoms with Crippen LogP contribution in [0, 0.1) is 5.92 Å². The molecule has 0 bridgehead atoms. The minimum absolute atomic E-state index is 0.0228. The van der Waals surface area contributed by atoms with Gasteiger partial charge >= 0.3 is 0 Å². The topological polar surface area (TPSA) is 70.6 Å². The molecule has 2 aromatic carbocycles. The number of hydrogen-bond acceptors (Lipinski definition) is 4. The summed E-state index contributed by atoms with van der Waals surface area (Å²) in [7, 11) is 0. The molecule has 1 aromatic heterocycles. The second kappa shape index (κ2) is 8.41. The van der Waals surface area contributed by atoms with Crippen LogP contribution in [0.25, 0.3) is 0 Å². The summed E-state index contributed by atoms with van der Waals surface area (Å²) in [5, 5.41) is 9.01. The minimum atomic E-state index is -0.138. The molecule has 0 aliphatic heterocycles. The van der Waals surface area contributed by atoms with Gasteiger partial charge in [0.2, 0.25) is 5.91 Å². The molecule has 4 rings (SSSR count). The van der Waals surface area contributed by atoms with Crippen molar-refractivity contribution in [3.63, 3.8) is 0 Å². The van der Waals surface area contributed by atoms with Crippen LogP contribution >= 0.6 is 11.3 Å². The molecule has 0 unspecified atom stereocenters. The van der Waals surface area contributed by atoms with E-state index in [1.165, 1.54) is 16.9 Å². The predicted molar refractivity (Wildman–Crippen MR) is 116 cm³/mol. The van der Waals surface area contributed by atoms with Crippen molar-refractivity contribution < 1.29 is 9.59 Å². The molecule has 1 fully saturated rings. The highest BCUT2D eigenvalue weighted by atomic mass is 32.1. The lowest BCUT2D eigenvalue weighted by Gasteiger charge is -2.07. The van der Waals surface area contributed by atoms with Gasteiger partial charge < -0.3 is 5.32 Å². The van der Waals surface area contributed by atoms with Gasteiger partial charge in [-0.1, -0.05) is 48.5 Å². The highest BCUT2D eigenvalue weighted by molar-refractivity contribution is 7.12. The zero-order valence-corrected chi connectivity index (χ0v) is 16.8. The molecule has 1 heterocycles. The van der Waals surface area contributed by atoms with Crippen LogP contribution in [0.4, 0.5) is 5.69 Å². The van der Waals surface area contributed by atoms with Crippen molar-refractivity contribution in [2.75, 3.05) is 5.32 Å². The lowest BCUT2D eigenvalue weighted by atomic mass is 10.1. The summed E-state index contributed by atoms with van der Waals surface area (Å²) >= 11 is 1.40. The van der Waals surface area contributed by atoms with Crippen LogP contribution in [-0.4, -0.2) is 17.5 Å². The number of benzene rings is 2. The second-order valence-corrected chi connectivity index (χ2v) is 7.99. The van der Waals surface area contributed by atoms with E-state index in [0.717, 1.165) is 12.0 Å². The molecular weight excluding hydrogens is 382 g/mol. The fourth-order valence-electron chi connectivity index (χ4n) is 3.26. The summed E-state index contributed by atoms with van der Waals surface area (Å²) in [4.78, 5) is 25.3. The van der Waals surface area contributed by atoms with Crippen LogP contribution in [0.2, 0.25) is 0 Å². The van der Waals surface area contributed by atoms with Crippen molar-refractivity contribution in [3.05, 3.63) is 88.1 Å². The number of carbonyl (C=O) groups excluding carboxylic acids is 2. The zero-order chi connectivity index (χ0) is 20.2. The van der Waals surface area contributed by atoms with Gasteiger partial charge in [-0.25, -0.2) is 5.43 Å². The third-order valence-corrected chi connectivity index (χ3v) is 5.84. The van der Waals surface area contributed by atoms with Gasteiger partial charge in [0.05, 0.1) is 10.6 Å². The number of rotatable bonds is 6. The monoisotopic (exact) mass is 403 g/mol. The minimum Gasteiger partial charge on any atom is -0.321 e. The molecule has 3 aromatic rings. The fraction of sp³-hybridized carbons (Fsp3) is 0.174. The average Bonchev–Trinajstić information content (AvgIpc) is 3.36. The van der Waals surface area contributed by atoms with Crippen molar-refractivity contribution in [1.82, 2.24) is 5.43 Å². The summed E-state index contributed by atoms with van der Waals surface area (Å²) in [6.45, 7) is 1.84. The first kappa shape index (κ1) is 19.1. The molecule has 2 amide bonds. The molecule has 1 aliphatic carbocycles. The Hall–Kier alpha value is -3.25. The van der Waals surface area contributed by atoms with E-state index in [-0.39, 0.29) is 23.7 Å². The first-order valence-corrected chi connectivity index (χ1v) is 10.3. The smallest absolute Gasteiger partial charge is 0.265 e. The summed E-state index contributed by atoms with van der Waals surface area (Å²) in [5.41, 5.74) is 6.09. The fourth-order valence-corrected chi connectivity index (χ4v) is 3.88. The van der Waals surface area contributed by atoms with E-state index in [1.54, 1.807) is 6.07 Å². The molecule has 0 saturated heterocycles. The van der Waals surface area contributed by atoms with E-state index < -0.39 is 0 Å². The third-order valence-electron chi connectivity index (χ3n) is 4.97. The van der Waals surface area contributed by atoms with E-state index in [1.807, 2.05) is 60.8 Å². The van der Waals surface area contributed by atoms with E-state index in [4.69, 9.17) is 0 Å². The Bertz CT molecular complexity index is 1050. The number of carbonyl (C=O) groups is 2. The maximum Gasteiger partial charge on any atom is 0.265 e. The maximum absolute atomic E-state index is 12.4. The number of anilines is 1. The van der Waals surface area contributed by atoms with Crippen molar-refractivity contribution in [3.8, 4) is 0 Å². The summed E-state index contributed by atoms with van der Waals surface area (Å²) < 4.78 is 0. The Kier molecular flexibility index (Phi) is 5.53. The van der Waals surface area contributed by atoms with Crippen LogP contribution in [-0.2, 0) is 4.79 Å². The standard InChI is InChI=1S/C23H21N3O2S/c1-15(25-26-22(27)20-14-19(20)16-7-3-2-4-8-16)17-9-5-10-18(13-17)24-23(28)21-11-6-12-29-21/h2-13,19-20H,14H2,1H3,(H,24,28)(H,26,27)/t19-,20-/m1/s1. The predicted octanol–water partition coefficient (Wildman–Crippen LogP) is 4.64. The van der Waals surface area contributed by atoms with Crippen LogP contribution in [0.3, 0.4) is 0 Å². The van der Waals surface area contributed by atoms with Crippen molar-refractivity contribution in [2.24, 2.45) is 11.0 Å². The Morgan fingerprint density at radius 3 is 2.62 bits per heavy atom. The Labute approximate surface area is 173 Å². The molecule has 0 spiro atoms. The lowest BCUT2D eigenvalue weighted by molar-refractivity contribution is -0.122. The van der Waals surface area contributed by atoms with E-state index >= 15 is 0 Å². The first-order valence-electron chi connectivity index (χ1n) is 9.46. The molecule has 1 aliphatic rings. The van der Waals surface area contributed by atoms with Gasteiger partial charge in [-0.3, -0.25) is 9.59 Å². The Morgan fingerprint density at radius 2 is 1.86 bits per heavy atom. The molecule has 2 atom stereocenters. The molecule has 1 saturated carbocycles. The number of thiophene rings is 1. The van der Waals surface area contributed by atoms with Crippen LogP contribution < -0.4 is 10.7 Å².